The number of aryl methyl sites for hydroxylation is 1. The lowest BCUT2D eigenvalue weighted by molar-refractivity contribution is 0.552. The van der Waals surface area contributed by atoms with Crippen molar-refractivity contribution < 1.29 is 0 Å². The zero-order valence-electron chi connectivity index (χ0n) is 14.3. The summed E-state index contributed by atoms with van der Waals surface area (Å²) in [5.41, 5.74) is 4.86. The van der Waals surface area contributed by atoms with Gasteiger partial charge in [-0.25, -0.2) is 4.99 Å². The van der Waals surface area contributed by atoms with Crippen molar-refractivity contribution in [2.75, 3.05) is 20.6 Å². The Morgan fingerprint density at radius 3 is 2.50 bits per heavy atom. The second kappa shape index (κ2) is 8.45. The predicted octanol–water partition coefficient (Wildman–Crippen LogP) is 5.49. The van der Waals surface area contributed by atoms with E-state index in [1.165, 1.54) is 0 Å². The summed E-state index contributed by atoms with van der Waals surface area (Å²) >= 11 is 9.91. The fourth-order valence-corrected chi connectivity index (χ4v) is 2.75. The fourth-order valence-electron chi connectivity index (χ4n) is 2.28. The molecule has 0 bridgehead atoms. The van der Waals surface area contributed by atoms with Crippen molar-refractivity contribution in [2.24, 2.45) is 9.98 Å². The minimum absolute atomic E-state index is 0.620. The van der Waals surface area contributed by atoms with Crippen molar-refractivity contribution in [3.63, 3.8) is 0 Å². The zero-order valence-corrected chi connectivity index (χ0v) is 16.7. The summed E-state index contributed by atoms with van der Waals surface area (Å²) in [6, 6.07) is 12.1. The molecule has 0 heterocycles. The highest BCUT2D eigenvalue weighted by Gasteiger charge is 2.12. The van der Waals surface area contributed by atoms with E-state index < -0.39 is 0 Å². The molecule has 2 aromatic rings. The van der Waals surface area contributed by atoms with Crippen LogP contribution in [0.25, 0.3) is 0 Å². The van der Waals surface area contributed by atoms with E-state index in [1.54, 1.807) is 13.4 Å². The van der Waals surface area contributed by atoms with Crippen LogP contribution in [0.15, 0.2) is 50.9 Å². The van der Waals surface area contributed by atoms with Crippen LogP contribution in [0.1, 0.15) is 23.6 Å². The molecule has 0 amide bonds. The number of rotatable bonds is 5. The van der Waals surface area contributed by atoms with Gasteiger partial charge in [0.2, 0.25) is 0 Å². The van der Waals surface area contributed by atoms with Crippen LogP contribution in [-0.4, -0.2) is 37.6 Å². The highest BCUT2D eigenvalue weighted by molar-refractivity contribution is 9.10. The molecule has 5 heteroatoms. The average Bonchev–Trinajstić information content (AvgIpc) is 2.58. The highest BCUT2D eigenvalue weighted by atomic mass is 79.9. The van der Waals surface area contributed by atoms with Crippen LogP contribution >= 0.6 is 27.5 Å². The van der Waals surface area contributed by atoms with Crippen molar-refractivity contribution in [2.45, 2.75) is 13.8 Å². The normalized spacial score (nSPS) is 12.0. The third-order valence-electron chi connectivity index (χ3n) is 3.78. The van der Waals surface area contributed by atoms with Gasteiger partial charge < -0.3 is 4.90 Å². The van der Waals surface area contributed by atoms with Gasteiger partial charge in [-0.3, -0.25) is 4.99 Å². The van der Waals surface area contributed by atoms with E-state index >= 15 is 0 Å². The second-order valence-electron chi connectivity index (χ2n) is 5.52. The molecular formula is C19H21BrClN3. The molecule has 0 aromatic heterocycles. The summed E-state index contributed by atoms with van der Waals surface area (Å²) in [6.07, 6.45) is 1.80. The van der Waals surface area contributed by atoms with Crippen LogP contribution in [0.2, 0.25) is 5.02 Å². The van der Waals surface area contributed by atoms with Gasteiger partial charge in [-0.1, -0.05) is 39.7 Å². The SMILES string of the molecule is CCN(C)/C=N\c1cc(C)c(/C(=N\C)c2ccc(Br)cc2)cc1Cl. The van der Waals surface area contributed by atoms with Gasteiger partial charge >= 0.3 is 0 Å². The third kappa shape index (κ3) is 4.46. The molecule has 0 saturated heterocycles. The number of halogens is 2. The van der Waals surface area contributed by atoms with Crippen LogP contribution in [0.5, 0.6) is 0 Å². The van der Waals surface area contributed by atoms with Gasteiger partial charge in [0.05, 0.1) is 22.8 Å². The summed E-state index contributed by atoms with van der Waals surface area (Å²) in [5, 5.41) is 0.620. The number of hydrogen-bond donors (Lipinski definition) is 0. The van der Waals surface area contributed by atoms with Gasteiger partial charge in [-0.05, 0) is 43.7 Å². The van der Waals surface area contributed by atoms with Crippen LogP contribution < -0.4 is 0 Å². The summed E-state index contributed by atoms with van der Waals surface area (Å²) in [4.78, 5) is 10.9. The Kier molecular flexibility index (Phi) is 6.58. The standard InChI is InChI=1S/C19H21BrClN3/c1-5-24(4)12-23-18-10-13(2)16(11-17(18)21)19(22-3)14-6-8-15(20)9-7-14/h6-12H,5H2,1-4H3/b22-19-,23-12-. The van der Waals surface area contributed by atoms with Gasteiger partial charge in [0.1, 0.15) is 0 Å². The average molecular weight is 407 g/mol. The Morgan fingerprint density at radius 2 is 1.92 bits per heavy atom. The van der Waals surface area contributed by atoms with E-state index in [-0.39, 0.29) is 0 Å². The van der Waals surface area contributed by atoms with Gasteiger partial charge in [-0.15, -0.1) is 0 Å². The number of hydrogen-bond acceptors (Lipinski definition) is 2. The molecule has 0 aliphatic heterocycles. The van der Waals surface area contributed by atoms with Crippen molar-refractivity contribution in [1.82, 2.24) is 4.90 Å². The van der Waals surface area contributed by atoms with E-state index in [0.717, 1.165) is 39.1 Å². The van der Waals surface area contributed by atoms with Crippen molar-refractivity contribution >= 4 is 45.3 Å². The maximum Gasteiger partial charge on any atom is 0.0910 e. The van der Waals surface area contributed by atoms with E-state index in [2.05, 4.69) is 39.8 Å². The topological polar surface area (TPSA) is 28.0 Å². The Hall–Kier alpha value is -1.65. The molecule has 0 atom stereocenters. The summed E-state index contributed by atoms with van der Waals surface area (Å²) in [6.45, 7) is 5.02. The second-order valence-corrected chi connectivity index (χ2v) is 6.84. The molecule has 0 spiro atoms. The molecule has 2 aromatic carbocycles. The largest absolute Gasteiger partial charge is 0.366 e. The number of nitrogens with zero attached hydrogens (tertiary/aromatic N) is 3. The van der Waals surface area contributed by atoms with Gasteiger partial charge in [0, 0.05) is 36.2 Å². The lowest BCUT2D eigenvalue weighted by Gasteiger charge is -2.13. The first-order valence-corrected chi connectivity index (χ1v) is 8.91. The molecule has 0 aliphatic rings. The lowest BCUT2D eigenvalue weighted by Crippen LogP contribution is -2.14. The van der Waals surface area contributed by atoms with E-state index in [4.69, 9.17) is 11.6 Å². The molecule has 0 radical (unpaired) electrons. The molecule has 0 unspecified atom stereocenters. The summed E-state index contributed by atoms with van der Waals surface area (Å²) in [5.74, 6) is 0. The molecule has 126 valence electrons. The van der Waals surface area contributed by atoms with Gasteiger partial charge in [0.15, 0.2) is 0 Å². The Labute approximate surface area is 157 Å². The fraction of sp³-hybridized carbons (Fsp3) is 0.263. The first-order valence-electron chi connectivity index (χ1n) is 7.74. The van der Waals surface area contributed by atoms with Gasteiger partial charge in [0.25, 0.3) is 0 Å². The zero-order chi connectivity index (χ0) is 17.7. The quantitative estimate of drug-likeness (QED) is 0.476. The minimum atomic E-state index is 0.620. The van der Waals surface area contributed by atoms with Gasteiger partial charge in [-0.2, -0.15) is 0 Å². The molecule has 24 heavy (non-hydrogen) atoms. The minimum Gasteiger partial charge on any atom is -0.366 e. The first kappa shape index (κ1) is 18.7. The van der Waals surface area contributed by atoms with Crippen molar-refractivity contribution in [3.05, 3.63) is 62.6 Å². The molecule has 3 nitrogen and oxygen atoms in total. The van der Waals surface area contributed by atoms with E-state index in [9.17, 15) is 0 Å². The van der Waals surface area contributed by atoms with Crippen LogP contribution in [-0.2, 0) is 0 Å². The Bertz CT molecular complexity index is 767. The maximum atomic E-state index is 6.45. The number of aliphatic imine (C=N–C) groups is 2. The molecule has 0 saturated carbocycles. The Balaban J connectivity index is 2.42. The van der Waals surface area contributed by atoms with E-state index in [1.807, 2.05) is 48.3 Å². The lowest BCUT2D eigenvalue weighted by atomic mass is 9.97. The monoisotopic (exact) mass is 405 g/mol. The predicted molar refractivity (Wildman–Crippen MR) is 108 cm³/mol. The number of benzene rings is 2. The van der Waals surface area contributed by atoms with Crippen LogP contribution in [0.4, 0.5) is 5.69 Å². The van der Waals surface area contributed by atoms with Crippen molar-refractivity contribution in [1.29, 1.82) is 0 Å². The summed E-state index contributed by atoms with van der Waals surface area (Å²) < 4.78 is 1.04. The highest BCUT2D eigenvalue weighted by Crippen LogP contribution is 2.30. The molecular weight excluding hydrogens is 386 g/mol. The smallest absolute Gasteiger partial charge is 0.0910 e. The molecule has 0 aliphatic carbocycles. The van der Waals surface area contributed by atoms with Crippen molar-refractivity contribution in [3.8, 4) is 0 Å². The van der Waals surface area contributed by atoms with Crippen LogP contribution in [0.3, 0.4) is 0 Å². The summed E-state index contributed by atoms with van der Waals surface area (Å²) in [7, 11) is 3.78. The van der Waals surface area contributed by atoms with E-state index in [0.29, 0.717) is 5.02 Å². The molecule has 0 N–H and O–H groups in total. The third-order valence-corrected chi connectivity index (χ3v) is 4.61. The molecule has 2 rings (SSSR count). The van der Waals surface area contributed by atoms with Crippen LogP contribution in [0, 0.1) is 6.92 Å². The Morgan fingerprint density at radius 1 is 1.25 bits per heavy atom. The molecule has 0 fully saturated rings. The first-order chi connectivity index (χ1) is 11.5. The maximum absolute atomic E-state index is 6.45.